The van der Waals surface area contributed by atoms with Gasteiger partial charge in [-0.05, 0) is 45.1 Å². The van der Waals surface area contributed by atoms with E-state index in [4.69, 9.17) is 21.5 Å². The van der Waals surface area contributed by atoms with Gasteiger partial charge in [-0.25, -0.2) is 0 Å². The molecule has 21 heavy (non-hydrogen) atoms. The van der Waals surface area contributed by atoms with Crippen molar-refractivity contribution in [1.29, 1.82) is 0 Å². The quantitative estimate of drug-likeness (QED) is 0.745. The van der Waals surface area contributed by atoms with Crippen molar-refractivity contribution in [2.45, 2.75) is 26.8 Å². The number of benzene rings is 1. The number of nitrogens with zero attached hydrogens (tertiary/aromatic N) is 2. The van der Waals surface area contributed by atoms with Crippen LogP contribution in [0.3, 0.4) is 0 Å². The van der Waals surface area contributed by atoms with Crippen molar-refractivity contribution in [3.63, 3.8) is 0 Å². The summed E-state index contributed by atoms with van der Waals surface area (Å²) in [4.78, 5) is 3.23. The summed E-state index contributed by atoms with van der Waals surface area (Å²) in [5.41, 5.74) is 3.94. The van der Waals surface area contributed by atoms with Crippen molar-refractivity contribution in [2.75, 3.05) is 7.11 Å². The Labute approximate surface area is 127 Å². The molecule has 6 heteroatoms. The van der Waals surface area contributed by atoms with Gasteiger partial charge in [-0.15, -0.1) is 0 Å². The summed E-state index contributed by atoms with van der Waals surface area (Å²) in [5, 5.41) is 4.03. The van der Waals surface area contributed by atoms with Gasteiger partial charge in [0.1, 0.15) is 11.5 Å². The number of aromatic amines is 1. The van der Waals surface area contributed by atoms with Gasteiger partial charge < -0.3 is 18.8 Å². The maximum atomic E-state index is 5.48. The molecule has 0 spiro atoms. The Bertz CT molecular complexity index is 840. The number of fused-ring (bicyclic) bond motifs is 1. The zero-order valence-corrected chi connectivity index (χ0v) is 13.2. The van der Waals surface area contributed by atoms with Gasteiger partial charge in [0, 0.05) is 11.6 Å². The van der Waals surface area contributed by atoms with Crippen LogP contribution in [0.15, 0.2) is 22.7 Å². The Balaban J connectivity index is 2.24. The van der Waals surface area contributed by atoms with Crippen molar-refractivity contribution < 1.29 is 9.26 Å². The summed E-state index contributed by atoms with van der Waals surface area (Å²) < 4.78 is 13.3. The predicted octanol–water partition coefficient (Wildman–Crippen LogP) is 3.92. The number of ether oxygens (including phenoxy) is 1. The second kappa shape index (κ2) is 5.04. The summed E-state index contributed by atoms with van der Waals surface area (Å²) in [5.74, 6) is 1.62. The van der Waals surface area contributed by atoms with E-state index < -0.39 is 0 Å². The minimum absolute atomic E-state index is 0.0320. The Hall–Kier alpha value is -2.08. The molecular weight excluding hydrogens is 286 g/mol. The van der Waals surface area contributed by atoms with E-state index in [2.05, 4.69) is 21.6 Å². The average molecular weight is 303 g/mol. The molecule has 0 fully saturated rings. The molecule has 0 amide bonds. The number of methoxy groups -OCH3 is 1. The molecule has 0 aliphatic rings. The Morgan fingerprint density at radius 2 is 2.14 bits per heavy atom. The largest absolute Gasteiger partial charge is 0.497 e. The third-order valence-electron chi connectivity index (χ3n) is 3.82. The zero-order chi connectivity index (χ0) is 15.1. The molecule has 0 bridgehead atoms. The lowest BCUT2D eigenvalue weighted by molar-refractivity contribution is 0.391. The normalized spacial score (nSPS) is 12.8. The maximum absolute atomic E-state index is 5.48. The van der Waals surface area contributed by atoms with Crippen LogP contribution in [0.1, 0.15) is 30.0 Å². The highest BCUT2D eigenvalue weighted by Crippen LogP contribution is 2.30. The van der Waals surface area contributed by atoms with Gasteiger partial charge in [-0.3, -0.25) is 0 Å². The minimum atomic E-state index is 0.0320. The first kappa shape index (κ1) is 13.9. The number of imidazole rings is 1. The van der Waals surface area contributed by atoms with Crippen molar-refractivity contribution in [3.8, 4) is 5.75 Å². The number of aryl methyl sites for hydroxylation is 2. The molecule has 2 aromatic heterocycles. The van der Waals surface area contributed by atoms with Crippen LogP contribution in [-0.2, 0) is 0 Å². The summed E-state index contributed by atoms with van der Waals surface area (Å²) in [6, 6.07) is 5.90. The second-order valence-corrected chi connectivity index (χ2v) is 5.48. The molecule has 1 aromatic carbocycles. The van der Waals surface area contributed by atoms with Crippen LogP contribution >= 0.6 is 12.2 Å². The minimum Gasteiger partial charge on any atom is -0.497 e. The SMILES string of the molecule is COc1ccc2[nH]c(=S)n(C(C)c3c(C)noc3C)c2c1. The van der Waals surface area contributed by atoms with Crippen molar-refractivity contribution in [3.05, 3.63) is 40.0 Å². The number of H-pyrrole nitrogens is 1. The molecule has 0 radical (unpaired) electrons. The predicted molar refractivity (Wildman–Crippen MR) is 83.5 cm³/mol. The molecule has 1 N–H and O–H groups in total. The number of hydrogen-bond donors (Lipinski definition) is 1. The lowest BCUT2D eigenvalue weighted by Crippen LogP contribution is -2.08. The van der Waals surface area contributed by atoms with Gasteiger partial charge in [-0.2, -0.15) is 0 Å². The highest BCUT2D eigenvalue weighted by Gasteiger charge is 2.20. The fourth-order valence-corrected chi connectivity index (χ4v) is 3.19. The summed E-state index contributed by atoms with van der Waals surface area (Å²) >= 11 is 5.48. The van der Waals surface area contributed by atoms with Crippen molar-refractivity contribution in [1.82, 2.24) is 14.7 Å². The monoisotopic (exact) mass is 303 g/mol. The van der Waals surface area contributed by atoms with Crippen LogP contribution < -0.4 is 4.74 Å². The third-order valence-corrected chi connectivity index (χ3v) is 4.12. The van der Waals surface area contributed by atoms with Crippen molar-refractivity contribution in [2.24, 2.45) is 0 Å². The van der Waals surface area contributed by atoms with E-state index in [0.29, 0.717) is 4.77 Å². The first-order valence-electron chi connectivity index (χ1n) is 6.74. The average Bonchev–Trinajstić information content (AvgIpc) is 2.96. The van der Waals surface area contributed by atoms with Crippen molar-refractivity contribution >= 4 is 23.3 Å². The van der Waals surface area contributed by atoms with E-state index in [-0.39, 0.29) is 6.04 Å². The van der Waals surface area contributed by atoms with Crippen LogP contribution in [0.25, 0.3) is 11.0 Å². The second-order valence-electron chi connectivity index (χ2n) is 5.10. The van der Waals surface area contributed by atoms with Gasteiger partial charge in [0.15, 0.2) is 4.77 Å². The molecule has 2 heterocycles. The molecule has 1 atom stereocenters. The topological polar surface area (TPSA) is 56.0 Å². The highest BCUT2D eigenvalue weighted by molar-refractivity contribution is 7.71. The van der Waals surface area contributed by atoms with Crippen LogP contribution in [0.4, 0.5) is 0 Å². The molecule has 1 unspecified atom stereocenters. The summed E-state index contributed by atoms with van der Waals surface area (Å²) in [6.07, 6.45) is 0. The standard InChI is InChI=1S/C15H17N3O2S/c1-8-14(10(3)20-17-8)9(2)18-13-7-11(19-4)5-6-12(13)16-15(18)21/h5-7,9H,1-4H3,(H,16,21). The fourth-order valence-electron chi connectivity index (χ4n) is 2.83. The third kappa shape index (κ3) is 2.15. The lowest BCUT2D eigenvalue weighted by Gasteiger charge is -2.14. The van der Waals surface area contributed by atoms with E-state index in [1.807, 2.05) is 32.0 Å². The number of hydrogen-bond acceptors (Lipinski definition) is 4. The molecule has 110 valence electrons. The first-order chi connectivity index (χ1) is 10.0. The Morgan fingerprint density at radius 1 is 1.38 bits per heavy atom. The Kier molecular flexibility index (Phi) is 3.33. The first-order valence-corrected chi connectivity index (χ1v) is 7.14. The van der Waals surface area contributed by atoms with E-state index in [1.165, 1.54) is 0 Å². The van der Waals surface area contributed by atoms with Gasteiger partial charge in [0.25, 0.3) is 0 Å². The molecule has 0 aliphatic heterocycles. The molecule has 0 saturated carbocycles. The van der Waals surface area contributed by atoms with Crippen LogP contribution in [0, 0.1) is 18.6 Å². The molecule has 3 aromatic rings. The molecule has 3 rings (SSSR count). The summed E-state index contributed by atoms with van der Waals surface area (Å²) in [7, 11) is 1.66. The number of aromatic nitrogens is 3. The fraction of sp³-hybridized carbons (Fsp3) is 0.333. The lowest BCUT2D eigenvalue weighted by atomic mass is 10.1. The van der Waals surface area contributed by atoms with E-state index in [0.717, 1.165) is 33.8 Å². The van der Waals surface area contributed by atoms with Gasteiger partial charge >= 0.3 is 0 Å². The van der Waals surface area contributed by atoms with Crippen LogP contribution in [0.5, 0.6) is 5.75 Å². The molecule has 0 aliphatic carbocycles. The zero-order valence-electron chi connectivity index (χ0n) is 12.4. The van der Waals surface area contributed by atoms with E-state index in [1.54, 1.807) is 7.11 Å². The summed E-state index contributed by atoms with van der Waals surface area (Å²) in [6.45, 7) is 5.96. The van der Waals surface area contributed by atoms with Gasteiger partial charge in [-0.1, -0.05) is 5.16 Å². The maximum Gasteiger partial charge on any atom is 0.178 e. The van der Waals surface area contributed by atoms with Crippen LogP contribution in [0.2, 0.25) is 0 Å². The van der Waals surface area contributed by atoms with Gasteiger partial charge in [0.05, 0.1) is 29.9 Å². The number of nitrogens with one attached hydrogen (secondary N) is 1. The highest BCUT2D eigenvalue weighted by atomic mass is 32.1. The molecule has 5 nitrogen and oxygen atoms in total. The molecular formula is C15H17N3O2S. The van der Waals surface area contributed by atoms with Crippen LogP contribution in [-0.4, -0.2) is 21.8 Å². The van der Waals surface area contributed by atoms with E-state index >= 15 is 0 Å². The van der Waals surface area contributed by atoms with Gasteiger partial charge in [0.2, 0.25) is 0 Å². The van der Waals surface area contributed by atoms with E-state index in [9.17, 15) is 0 Å². The Morgan fingerprint density at radius 3 is 2.76 bits per heavy atom. The molecule has 0 saturated heterocycles. The number of rotatable bonds is 3. The smallest absolute Gasteiger partial charge is 0.178 e.